The van der Waals surface area contributed by atoms with Crippen LogP contribution in [0.4, 0.5) is 0 Å². The molecule has 1 aromatic rings. The quantitative estimate of drug-likeness (QED) is 0.654. The Balaban J connectivity index is 3.08. The molecule has 0 radical (unpaired) electrons. The Morgan fingerprint density at radius 2 is 1.92 bits per heavy atom. The van der Waals surface area contributed by atoms with Crippen molar-refractivity contribution >= 4 is 11.6 Å². The Hall–Kier alpha value is -1.77. The monoisotopic (exact) mass is 176 g/mol. The van der Waals surface area contributed by atoms with Gasteiger partial charge in [-0.2, -0.15) is 0 Å². The number of benzene rings is 1. The van der Waals surface area contributed by atoms with E-state index in [4.69, 9.17) is 11.5 Å². The normalized spacial score (nSPS) is 11.3. The van der Waals surface area contributed by atoms with E-state index in [1.165, 1.54) is 6.08 Å². The first kappa shape index (κ1) is 9.32. The third kappa shape index (κ3) is 2.33. The molecule has 3 nitrogen and oxygen atoms in total. The van der Waals surface area contributed by atoms with Crippen molar-refractivity contribution < 1.29 is 4.79 Å². The summed E-state index contributed by atoms with van der Waals surface area (Å²) < 4.78 is 0. The zero-order valence-corrected chi connectivity index (χ0v) is 7.45. The molecule has 4 N–H and O–H groups in total. The van der Waals surface area contributed by atoms with Gasteiger partial charge < -0.3 is 11.5 Å². The van der Waals surface area contributed by atoms with E-state index in [-0.39, 0.29) is 0 Å². The molecule has 68 valence electrons. The lowest BCUT2D eigenvalue weighted by atomic mass is 10.1. The molecule has 0 saturated carbocycles. The minimum Gasteiger partial charge on any atom is -0.398 e. The van der Waals surface area contributed by atoms with Gasteiger partial charge in [-0.25, -0.2) is 0 Å². The molecule has 0 atom stereocenters. The molecule has 0 aliphatic carbocycles. The number of aryl methyl sites for hydroxylation is 1. The molecule has 1 aromatic carbocycles. The highest BCUT2D eigenvalue weighted by Crippen LogP contribution is 2.13. The Bertz CT molecular complexity index is 356. The van der Waals surface area contributed by atoms with E-state index in [1.54, 1.807) is 0 Å². The predicted octanol–water partition coefficient (Wildman–Crippen LogP) is 0.780. The number of carbonyl (C=O) groups is 1. The maximum Gasteiger partial charge on any atom is 0.243 e. The number of hydrogen-bond acceptors (Lipinski definition) is 2. The second kappa shape index (κ2) is 3.76. The van der Waals surface area contributed by atoms with Gasteiger partial charge in [-0.05, 0) is 12.5 Å². The molecule has 1 rings (SSSR count). The molecule has 0 bridgehead atoms. The largest absolute Gasteiger partial charge is 0.398 e. The number of carbonyl (C=O) groups excluding carboxylic acids is 1. The minimum atomic E-state index is -0.527. The highest BCUT2D eigenvalue weighted by Gasteiger charge is 2.00. The van der Waals surface area contributed by atoms with Crippen LogP contribution in [-0.4, -0.2) is 5.91 Å². The van der Waals surface area contributed by atoms with Gasteiger partial charge in [0.05, 0.1) is 0 Å². The molecule has 0 aliphatic rings. The first-order valence-electron chi connectivity index (χ1n) is 3.94. The van der Waals surface area contributed by atoms with Crippen molar-refractivity contribution in [3.63, 3.8) is 0 Å². The molecule has 0 saturated heterocycles. The van der Waals surface area contributed by atoms with E-state index in [9.17, 15) is 4.79 Å². The van der Waals surface area contributed by atoms with Crippen molar-refractivity contribution in [2.75, 3.05) is 0 Å². The molecule has 0 heterocycles. The predicted molar refractivity (Wildman–Crippen MR) is 52.5 cm³/mol. The lowest BCUT2D eigenvalue weighted by Gasteiger charge is -2.03. The van der Waals surface area contributed by atoms with Crippen LogP contribution in [0.3, 0.4) is 0 Å². The fourth-order valence-electron chi connectivity index (χ4n) is 1.13. The molecule has 0 fully saturated rings. The van der Waals surface area contributed by atoms with E-state index < -0.39 is 5.91 Å². The summed E-state index contributed by atoms with van der Waals surface area (Å²) in [5, 5.41) is 0. The van der Waals surface area contributed by atoms with Crippen molar-refractivity contribution in [2.45, 2.75) is 6.92 Å². The van der Waals surface area contributed by atoms with Crippen LogP contribution < -0.4 is 11.5 Å². The van der Waals surface area contributed by atoms with Crippen LogP contribution in [0.5, 0.6) is 0 Å². The Kier molecular flexibility index (Phi) is 2.69. The summed E-state index contributed by atoms with van der Waals surface area (Å²) in [6.07, 6.45) is 1.22. The average Bonchev–Trinajstić information content (AvgIpc) is 2.03. The first-order chi connectivity index (χ1) is 6.11. The van der Waals surface area contributed by atoms with Gasteiger partial charge in [-0.15, -0.1) is 0 Å². The zero-order chi connectivity index (χ0) is 9.84. The number of amides is 1. The third-order valence-electron chi connectivity index (χ3n) is 1.75. The van der Waals surface area contributed by atoms with Crippen molar-refractivity contribution in [1.29, 1.82) is 0 Å². The van der Waals surface area contributed by atoms with Crippen molar-refractivity contribution in [2.24, 2.45) is 11.5 Å². The SMILES string of the molecule is Cc1ccccc1/C(N)=C/C(N)=O. The number of hydrogen-bond donors (Lipinski definition) is 2. The van der Waals surface area contributed by atoms with Gasteiger partial charge in [0.25, 0.3) is 0 Å². The molecular weight excluding hydrogens is 164 g/mol. The second-order valence-corrected chi connectivity index (χ2v) is 2.82. The second-order valence-electron chi connectivity index (χ2n) is 2.82. The summed E-state index contributed by atoms with van der Waals surface area (Å²) in [5.41, 5.74) is 12.9. The van der Waals surface area contributed by atoms with Gasteiger partial charge in [0.15, 0.2) is 0 Å². The van der Waals surface area contributed by atoms with E-state index in [2.05, 4.69) is 0 Å². The van der Waals surface area contributed by atoms with E-state index >= 15 is 0 Å². The molecule has 0 spiro atoms. The highest BCUT2D eigenvalue weighted by atomic mass is 16.1. The molecular formula is C10H12N2O. The Morgan fingerprint density at radius 3 is 2.46 bits per heavy atom. The Labute approximate surface area is 77.0 Å². The molecule has 0 aromatic heterocycles. The van der Waals surface area contributed by atoms with Crippen LogP contribution in [0.2, 0.25) is 0 Å². The van der Waals surface area contributed by atoms with Crippen molar-refractivity contribution in [3.8, 4) is 0 Å². The van der Waals surface area contributed by atoms with Gasteiger partial charge in [0.1, 0.15) is 0 Å². The maximum absolute atomic E-state index is 10.6. The summed E-state index contributed by atoms with van der Waals surface area (Å²) in [4.78, 5) is 10.6. The van der Waals surface area contributed by atoms with Crippen LogP contribution in [0.1, 0.15) is 11.1 Å². The van der Waals surface area contributed by atoms with Gasteiger partial charge in [-0.1, -0.05) is 24.3 Å². The zero-order valence-electron chi connectivity index (χ0n) is 7.45. The van der Waals surface area contributed by atoms with Crippen LogP contribution >= 0.6 is 0 Å². The van der Waals surface area contributed by atoms with Gasteiger partial charge in [0, 0.05) is 17.3 Å². The molecule has 3 heteroatoms. The van der Waals surface area contributed by atoms with Crippen molar-refractivity contribution in [1.82, 2.24) is 0 Å². The molecule has 1 amide bonds. The average molecular weight is 176 g/mol. The maximum atomic E-state index is 10.6. The summed E-state index contributed by atoms with van der Waals surface area (Å²) in [6, 6.07) is 7.56. The summed E-state index contributed by atoms with van der Waals surface area (Å²) in [6.45, 7) is 1.93. The van der Waals surface area contributed by atoms with E-state index in [0.29, 0.717) is 5.70 Å². The summed E-state index contributed by atoms with van der Waals surface area (Å²) in [5.74, 6) is -0.527. The van der Waals surface area contributed by atoms with E-state index in [1.807, 2.05) is 31.2 Å². The number of primary amides is 1. The molecule has 0 aliphatic heterocycles. The minimum absolute atomic E-state index is 0.408. The lowest BCUT2D eigenvalue weighted by Crippen LogP contribution is -2.10. The van der Waals surface area contributed by atoms with Crippen LogP contribution in [-0.2, 0) is 4.79 Å². The number of rotatable bonds is 2. The standard InChI is InChI=1S/C10H12N2O/c1-7-4-2-3-5-8(7)9(11)6-10(12)13/h2-6H,11H2,1H3,(H2,12,13)/b9-6-. The van der Waals surface area contributed by atoms with Crippen LogP contribution in [0, 0.1) is 6.92 Å². The summed E-state index contributed by atoms with van der Waals surface area (Å²) >= 11 is 0. The third-order valence-corrected chi connectivity index (χ3v) is 1.75. The van der Waals surface area contributed by atoms with Gasteiger partial charge >= 0.3 is 0 Å². The first-order valence-corrected chi connectivity index (χ1v) is 3.94. The fourth-order valence-corrected chi connectivity index (χ4v) is 1.13. The lowest BCUT2D eigenvalue weighted by molar-refractivity contribution is -0.113. The summed E-state index contributed by atoms with van der Waals surface area (Å²) in [7, 11) is 0. The van der Waals surface area contributed by atoms with Gasteiger partial charge in [-0.3, -0.25) is 4.79 Å². The smallest absolute Gasteiger partial charge is 0.243 e. The highest BCUT2D eigenvalue weighted by molar-refractivity contribution is 5.93. The van der Waals surface area contributed by atoms with Crippen molar-refractivity contribution in [3.05, 3.63) is 41.5 Å². The van der Waals surface area contributed by atoms with E-state index in [0.717, 1.165) is 11.1 Å². The fraction of sp³-hybridized carbons (Fsp3) is 0.100. The Morgan fingerprint density at radius 1 is 1.31 bits per heavy atom. The number of nitrogens with two attached hydrogens (primary N) is 2. The van der Waals surface area contributed by atoms with Crippen LogP contribution in [0.25, 0.3) is 5.70 Å². The topological polar surface area (TPSA) is 69.1 Å². The molecule has 0 unspecified atom stereocenters. The molecule has 13 heavy (non-hydrogen) atoms. The van der Waals surface area contributed by atoms with Crippen LogP contribution in [0.15, 0.2) is 30.3 Å². The van der Waals surface area contributed by atoms with Gasteiger partial charge in [0.2, 0.25) is 5.91 Å².